The van der Waals surface area contributed by atoms with Gasteiger partial charge in [0, 0.05) is 22.7 Å². The van der Waals surface area contributed by atoms with E-state index in [1.54, 1.807) is 4.68 Å². The molecular formula is C16H15ClN4OS. The second-order valence-electron chi connectivity index (χ2n) is 5.62. The van der Waals surface area contributed by atoms with Crippen molar-refractivity contribution in [1.29, 1.82) is 0 Å². The molecule has 7 heteroatoms. The van der Waals surface area contributed by atoms with Crippen molar-refractivity contribution in [2.45, 2.75) is 30.5 Å². The first-order chi connectivity index (χ1) is 11.2. The standard InChI is InChI=1S/C16H15ClN4OS/c1-23-16-19-15-18-11-6-3-7-12(22)13(11)14(21(15)20-16)9-4-2-5-10(17)8-9/h2,4-5,8,14H,3,6-7H2,1H3,(H,18,19,20). The monoisotopic (exact) mass is 346 g/mol. The summed E-state index contributed by atoms with van der Waals surface area (Å²) in [6, 6.07) is 7.35. The molecule has 0 bridgehead atoms. The Morgan fingerprint density at radius 2 is 2.26 bits per heavy atom. The normalized spacial score (nSPS) is 20.1. The zero-order chi connectivity index (χ0) is 16.0. The minimum Gasteiger partial charge on any atom is -0.328 e. The number of anilines is 1. The van der Waals surface area contributed by atoms with Gasteiger partial charge in [-0.2, -0.15) is 4.98 Å². The van der Waals surface area contributed by atoms with E-state index in [1.165, 1.54) is 11.8 Å². The van der Waals surface area contributed by atoms with Gasteiger partial charge in [0.05, 0.1) is 0 Å². The molecule has 1 aromatic carbocycles. The highest BCUT2D eigenvalue weighted by molar-refractivity contribution is 7.98. The molecule has 0 radical (unpaired) electrons. The van der Waals surface area contributed by atoms with Crippen LogP contribution in [-0.4, -0.2) is 26.8 Å². The van der Waals surface area contributed by atoms with Crippen molar-refractivity contribution in [3.8, 4) is 0 Å². The molecule has 2 heterocycles. The highest BCUT2D eigenvalue weighted by Crippen LogP contribution is 2.40. The lowest BCUT2D eigenvalue weighted by Crippen LogP contribution is -2.31. The second kappa shape index (κ2) is 5.69. The summed E-state index contributed by atoms with van der Waals surface area (Å²) in [5.41, 5.74) is 2.72. The number of fused-ring (bicyclic) bond motifs is 1. The SMILES string of the molecule is CSc1nc2n(n1)C(c1cccc(Cl)c1)C1=C(CCCC1=O)N2. The molecular weight excluding hydrogens is 332 g/mol. The number of carbonyl (C=O) groups excluding carboxylic acids is 1. The summed E-state index contributed by atoms with van der Waals surface area (Å²) >= 11 is 7.65. The molecule has 0 amide bonds. The topological polar surface area (TPSA) is 59.8 Å². The number of thioether (sulfide) groups is 1. The molecule has 1 aliphatic carbocycles. The third kappa shape index (κ3) is 2.46. The number of rotatable bonds is 2. The Morgan fingerprint density at radius 3 is 3.04 bits per heavy atom. The van der Waals surface area contributed by atoms with E-state index in [9.17, 15) is 4.79 Å². The number of halogens is 1. The van der Waals surface area contributed by atoms with Crippen LogP contribution in [0.2, 0.25) is 5.02 Å². The Labute approximate surface area is 143 Å². The zero-order valence-electron chi connectivity index (χ0n) is 12.5. The average Bonchev–Trinajstić information content (AvgIpc) is 2.96. The van der Waals surface area contributed by atoms with Crippen LogP contribution in [0.5, 0.6) is 0 Å². The van der Waals surface area contributed by atoms with Crippen molar-refractivity contribution in [2.75, 3.05) is 11.6 Å². The highest BCUT2D eigenvalue weighted by Gasteiger charge is 2.36. The summed E-state index contributed by atoms with van der Waals surface area (Å²) in [6.07, 6.45) is 4.25. The van der Waals surface area contributed by atoms with E-state index in [-0.39, 0.29) is 11.8 Å². The van der Waals surface area contributed by atoms with Crippen LogP contribution in [0.1, 0.15) is 30.9 Å². The fraction of sp³-hybridized carbons (Fsp3) is 0.312. The maximum Gasteiger partial charge on any atom is 0.227 e. The van der Waals surface area contributed by atoms with E-state index in [4.69, 9.17) is 11.6 Å². The number of hydrogen-bond acceptors (Lipinski definition) is 5. The lowest BCUT2D eigenvalue weighted by atomic mass is 9.85. The molecule has 2 aliphatic rings. The number of aromatic nitrogens is 3. The molecule has 1 atom stereocenters. The molecule has 23 heavy (non-hydrogen) atoms. The van der Waals surface area contributed by atoms with Crippen LogP contribution in [0.3, 0.4) is 0 Å². The summed E-state index contributed by atoms with van der Waals surface area (Å²) < 4.78 is 1.81. The van der Waals surface area contributed by atoms with Crippen molar-refractivity contribution in [3.05, 3.63) is 46.1 Å². The Balaban J connectivity index is 1.92. The Hall–Kier alpha value is -1.79. The second-order valence-corrected chi connectivity index (χ2v) is 6.83. The number of ketones is 1. The van der Waals surface area contributed by atoms with E-state index in [2.05, 4.69) is 15.4 Å². The van der Waals surface area contributed by atoms with Gasteiger partial charge < -0.3 is 5.32 Å². The lowest BCUT2D eigenvalue weighted by molar-refractivity contribution is -0.116. The van der Waals surface area contributed by atoms with E-state index < -0.39 is 0 Å². The number of benzene rings is 1. The maximum absolute atomic E-state index is 12.6. The molecule has 1 aliphatic heterocycles. The smallest absolute Gasteiger partial charge is 0.227 e. The number of hydrogen-bond donors (Lipinski definition) is 1. The molecule has 118 valence electrons. The van der Waals surface area contributed by atoms with Crippen LogP contribution in [0.15, 0.2) is 40.7 Å². The fourth-order valence-corrected chi connectivity index (χ4v) is 3.75. The van der Waals surface area contributed by atoms with E-state index in [0.717, 1.165) is 29.7 Å². The van der Waals surface area contributed by atoms with Gasteiger partial charge in [0.1, 0.15) is 6.04 Å². The molecule has 1 aromatic heterocycles. The predicted octanol–water partition coefficient (Wildman–Crippen LogP) is 3.68. The van der Waals surface area contributed by atoms with Crippen LogP contribution < -0.4 is 5.32 Å². The first-order valence-corrected chi connectivity index (χ1v) is 9.07. The highest BCUT2D eigenvalue weighted by atomic mass is 35.5. The zero-order valence-corrected chi connectivity index (χ0v) is 14.1. The molecule has 0 fully saturated rings. The van der Waals surface area contributed by atoms with Gasteiger partial charge in [0.2, 0.25) is 11.1 Å². The Bertz CT molecular complexity index is 829. The largest absolute Gasteiger partial charge is 0.328 e. The summed E-state index contributed by atoms with van der Waals surface area (Å²) in [5.74, 6) is 0.864. The quantitative estimate of drug-likeness (QED) is 0.840. The van der Waals surface area contributed by atoms with Crippen LogP contribution in [0, 0.1) is 0 Å². The predicted molar refractivity (Wildman–Crippen MR) is 90.9 cm³/mol. The van der Waals surface area contributed by atoms with Gasteiger partial charge in [0.15, 0.2) is 5.78 Å². The molecule has 4 rings (SSSR count). The van der Waals surface area contributed by atoms with E-state index in [1.807, 2.05) is 30.5 Å². The van der Waals surface area contributed by atoms with Crippen molar-refractivity contribution in [3.63, 3.8) is 0 Å². The summed E-state index contributed by atoms with van der Waals surface area (Å²) in [5, 5.41) is 9.20. The first-order valence-electron chi connectivity index (χ1n) is 7.46. The average molecular weight is 347 g/mol. The van der Waals surface area contributed by atoms with Crippen molar-refractivity contribution in [1.82, 2.24) is 14.8 Å². The Kier molecular flexibility index (Phi) is 3.66. The molecule has 5 nitrogen and oxygen atoms in total. The van der Waals surface area contributed by atoms with Crippen molar-refractivity contribution >= 4 is 35.1 Å². The van der Waals surface area contributed by atoms with Crippen molar-refractivity contribution in [2.24, 2.45) is 0 Å². The molecule has 1 unspecified atom stereocenters. The summed E-state index contributed by atoms with van der Waals surface area (Å²) in [4.78, 5) is 17.1. The third-order valence-electron chi connectivity index (χ3n) is 4.20. The summed E-state index contributed by atoms with van der Waals surface area (Å²) in [6.45, 7) is 0. The van der Waals surface area contributed by atoms with Gasteiger partial charge in [-0.05, 0) is 36.8 Å². The van der Waals surface area contributed by atoms with Crippen LogP contribution in [-0.2, 0) is 4.79 Å². The molecule has 2 aromatic rings. The van der Waals surface area contributed by atoms with Crippen LogP contribution in [0.4, 0.5) is 5.95 Å². The molecule has 0 saturated heterocycles. The Morgan fingerprint density at radius 1 is 1.39 bits per heavy atom. The van der Waals surface area contributed by atoms with Gasteiger partial charge in [-0.3, -0.25) is 4.79 Å². The van der Waals surface area contributed by atoms with Gasteiger partial charge in [-0.15, -0.1) is 5.10 Å². The van der Waals surface area contributed by atoms with E-state index >= 15 is 0 Å². The lowest BCUT2D eigenvalue weighted by Gasteiger charge is -2.32. The number of nitrogens with one attached hydrogen (secondary N) is 1. The molecule has 0 saturated carbocycles. The van der Waals surface area contributed by atoms with Gasteiger partial charge in [-0.25, -0.2) is 4.68 Å². The molecule has 1 N–H and O–H groups in total. The van der Waals surface area contributed by atoms with Crippen LogP contribution >= 0.6 is 23.4 Å². The minimum atomic E-state index is -0.263. The first kappa shape index (κ1) is 14.8. The third-order valence-corrected chi connectivity index (χ3v) is 4.97. The van der Waals surface area contributed by atoms with Gasteiger partial charge >= 0.3 is 0 Å². The molecule has 0 spiro atoms. The van der Waals surface area contributed by atoms with Crippen LogP contribution in [0.25, 0.3) is 0 Å². The van der Waals surface area contributed by atoms with E-state index in [0.29, 0.717) is 22.5 Å². The minimum absolute atomic E-state index is 0.176. The van der Waals surface area contributed by atoms with Gasteiger partial charge in [-0.1, -0.05) is 35.5 Å². The number of Topliss-reactive ketones (excluding diaryl/α,β-unsaturated/α-hetero) is 1. The maximum atomic E-state index is 12.6. The summed E-state index contributed by atoms with van der Waals surface area (Å²) in [7, 11) is 0. The number of carbonyl (C=O) groups is 1. The fourth-order valence-electron chi connectivity index (χ4n) is 3.21. The van der Waals surface area contributed by atoms with Gasteiger partial charge in [0.25, 0.3) is 0 Å². The van der Waals surface area contributed by atoms with Crippen molar-refractivity contribution < 1.29 is 4.79 Å². The number of nitrogens with zero attached hydrogens (tertiary/aromatic N) is 3. The number of allylic oxidation sites excluding steroid dienone is 2.